The fourth-order valence-corrected chi connectivity index (χ4v) is 3.37. The van der Waals surface area contributed by atoms with Crippen LogP contribution in [0.1, 0.15) is 21.5 Å². The molecular formula is C19H17FN2O3S. The Labute approximate surface area is 154 Å². The van der Waals surface area contributed by atoms with Crippen molar-refractivity contribution in [1.82, 2.24) is 10.2 Å². The summed E-state index contributed by atoms with van der Waals surface area (Å²) in [6, 6.07) is 13.1. The first-order valence-electron chi connectivity index (χ1n) is 8.11. The molecule has 3 rings (SSSR count). The Morgan fingerprint density at radius 2 is 1.88 bits per heavy atom. The molecule has 1 fully saturated rings. The van der Waals surface area contributed by atoms with Gasteiger partial charge < -0.3 is 5.32 Å². The molecule has 0 atom stereocenters. The van der Waals surface area contributed by atoms with Gasteiger partial charge in [0.1, 0.15) is 5.82 Å². The van der Waals surface area contributed by atoms with E-state index in [-0.39, 0.29) is 35.2 Å². The van der Waals surface area contributed by atoms with Gasteiger partial charge in [0, 0.05) is 12.1 Å². The van der Waals surface area contributed by atoms with Crippen molar-refractivity contribution in [2.75, 3.05) is 12.3 Å². The van der Waals surface area contributed by atoms with Crippen molar-refractivity contribution >= 4 is 28.8 Å². The fourth-order valence-electron chi connectivity index (χ4n) is 2.64. The zero-order valence-electron chi connectivity index (χ0n) is 13.9. The molecule has 0 saturated carbocycles. The number of hydrogen-bond donors (Lipinski definition) is 1. The first-order chi connectivity index (χ1) is 12.5. The summed E-state index contributed by atoms with van der Waals surface area (Å²) >= 11 is 0.985. The normalized spacial score (nSPS) is 14.0. The van der Waals surface area contributed by atoms with Gasteiger partial charge in [-0.2, -0.15) is 0 Å². The van der Waals surface area contributed by atoms with Crippen molar-refractivity contribution in [1.29, 1.82) is 0 Å². The Bertz CT molecular complexity index is 840. The van der Waals surface area contributed by atoms with E-state index in [1.807, 2.05) is 0 Å². The maximum atomic E-state index is 13.1. The summed E-state index contributed by atoms with van der Waals surface area (Å²) in [6.45, 7) is 0.543. The van der Waals surface area contributed by atoms with Crippen molar-refractivity contribution in [2.45, 2.75) is 13.0 Å². The highest BCUT2D eigenvalue weighted by atomic mass is 32.2. The molecule has 26 heavy (non-hydrogen) atoms. The number of halogens is 1. The summed E-state index contributed by atoms with van der Waals surface area (Å²) in [7, 11) is 0. The second-order valence-electron chi connectivity index (χ2n) is 5.87. The monoisotopic (exact) mass is 372 g/mol. The van der Waals surface area contributed by atoms with Crippen LogP contribution < -0.4 is 5.32 Å². The van der Waals surface area contributed by atoms with E-state index >= 15 is 0 Å². The van der Waals surface area contributed by atoms with Gasteiger partial charge >= 0.3 is 0 Å². The van der Waals surface area contributed by atoms with Gasteiger partial charge in [-0.05, 0) is 41.8 Å². The summed E-state index contributed by atoms with van der Waals surface area (Å²) in [5.41, 5.74) is 1.98. The van der Waals surface area contributed by atoms with E-state index in [4.69, 9.17) is 0 Å². The number of benzene rings is 2. The number of imide groups is 1. The quantitative estimate of drug-likeness (QED) is 0.847. The van der Waals surface area contributed by atoms with E-state index in [2.05, 4.69) is 5.32 Å². The van der Waals surface area contributed by atoms with Crippen molar-refractivity contribution in [3.8, 4) is 0 Å². The Morgan fingerprint density at radius 3 is 2.62 bits per heavy atom. The van der Waals surface area contributed by atoms with Crippen LogP contribution in [0, 0.1) is 5.82 Å². The molecule has 1 saturated heterocycles. The highest BCUT2D eigenvalue weighted by Gasteiger charge is 2.29. The van der Waals surface area contributed by atoms with E-state index in [1.54, 1.807) is 36.4 Å². The highest BCUT2D eigenvalue weighted by Crippen LogP contribution is 2.21. The van der Waals surface area contributed by atoms with Gasteiger partial charge in [0.05, 0.1) is 12.3 Å². The molecule has 0 aliphatic carbocycles. The zero-order chi connectivity index (χ0) is 18.5. The summed E-state index contributed by atoms with van der Waals surface area (Å²) in [6.07, 6.45) is 0.525. The van der Waals surface area contributed by atoms with Crippen LogP contribution in [0.15, 0.2) is 48.5 Å². The molecule has 7 heteroatoms. The molecule has 134 valence electrons. The molecular weight excluding hydrogens is 355 g/mol. The number of hydrogen-bond acceptors (Lipinski definition) is 4. The molecule has 0 unspecified atom stereocenters. The number of nitrogens with zero attached hydrogens (tertiary/aromatic N) is 1. The van der Waals surface area contributed by atoms with Crippen molar-refractivity contribution in [2.24, 2.45) is 0 Å². The van der Waals surface area contributed by atoms with E-state index in [0.29, 0.717) is 24.1 Å². The summed E-state index contributed by atoms with van der Waals surface area (Å²) < 4.78 is 13.1. The molecule has 2 aromatic carbocycles. The van der Waals surface area contributed by atoms with E-state index in [0.717, 1.165) is 17.3 Å². The van der Waals surface area contributed by atoms with Crippen LogP contribution in [0.25, 0.3) is 0 Å². The van der Waals surface area contributed by atoms with Crippen molar-refractivity contribution < 1.29 is 18.8 Å². The summed E-state index contributed by atoms with van der Waals surface area (Å²) in [5, 5.41) is 2.53. The zero-order valence-corrected chi connectivity index (χ0v) is 14.7. The van der Waals surface area contributed by atoms with E-state index in [1.165, 1.54) is 17.0 Å². The topological polar surface area (TPSA) is 66.5 Å². The second kappa shape index (κ2) is 8.14. The Kier molecular flexibility index (Phi) is 5.68. The van der Waals surface area contributed by atoms with Crippen LogP contribution in [0.5, 0.6) is 0 Å². The van der Waals surface area contributed by atoms with Crippen LogP contribution in [-0.4, -0.2) is 34.3 Å². The van der Waals surface area contributed by atoms with Gasteiger partial charge in [-0.15, -0.1) is 0 Å². The molecule has 1 N–H and O–H groups in total. The number of nitrogens with one attached hydrogen (secondary N) is 1. The average Bonchev–Trinajstić information content (AvgIpc) is 2.94. The van der Waals surface area contributed by atoms with Crippen LogP contribution in [-0.2, 0) is 17.8 Å². The maximum absolute atomic E-state index is 13.1. The van der Waals surface area contributed by atoms with Gasteiger partial charge in [0.25, 0.3) is 11.1 Å². The first-order valence-corrected chi connectivity index (χ1v) is 9.10. The lowest BCUT2D eigenvalue weighted by atomic mass is 10.1. The van der Waals surface area contributed by atoms with Crippen LogP contribution in [0.2, 0.25) is 0 Å². The number of rotatable bonds is 6. The van der Waals surface area contributed by atoms with Crippen LogP contribution in [0.4, 0.5) is 9.18 Å². The van der Waals surface area contributed by atoms with E-state index in [9.17, 15) is 18.8 Å². The molecule has 0 bridgehead atoms. The molecule has 1 aliphatic heterocycles. The molecule has 0 aromatic heterocycles. The minimum atomic E-state index is -0.300. The smallest absolute Gasteiger partial charge is 0.289 e. The van der Waals surface area contributed by atoms with Gasteiger partial charge in [0.2, 0.25) is 5.91 Å². The minimum absolute atomic E-state index is 0.162. The van der Waals surface area contributed by atoms with Crippen molar-refractivity contribution in [3.63, 3.8) is 0 Å². The summed E-state index contributed by atoms with van der Waals surface area (Å²) in [4.78, 5) is 36.8. The Hall–Kier alpha value is -2.67. The van der Waals surface area contributed by atoms with Crippen LogP contribution >= 0.6 is 11.8 Å². The lowest BCUT2D eigenvalue weighted by molar-refractivity contribution is -0.125. The number of carbonyl (C=O) groups excluding carboxylic acids is 3. The SMILES string of the molecule is O=C(NCCc1cccc(F)c1)c1cccc(CN2C(=O)CSC2=O)c1. The lowest BCUT2D eigenvalue weighted by Crippen LogP contribution is -2.28. The number of thioether (sulfide) groups is 1. The first kappa shape index (κ1) is 18.1. The van der Waals surface area contributed by atoms with Gasteiger partial charge in [-0.1, -0.05) is 36.0 Å². The molecule has 5 nitrogen and oxygen atoms in total. The third-order valence-corrected chi connectivity index (χ3v) is 4.82. The molecule has 1 aliphatic rings. The second-order valence-corrected chi connectivity index (χ2v) is 6.80. The standard InChI is InChI=1S/C19H17FN2O3S/c20-16-6-2-3-13(10-16)7-8-21-18(24)15-5-1-4-14(9-15)11-22-17(23)12-26-19(22)25/h1-6,9-10H,7-8,11-12H2,(H,21,24). The maximum Gasteiger partial charge on any atom is 0.289 e. The predicted molar refractivity (Wildman–Crippen MR) is 97.3 cm³/mol. The third kappa shape index (κ3) is 4.49. The largest absolute Gasteiger partial charge is 0.352 e. The van der Waals surface area contributed by atoms with E-state index < -0.39 is 0 Å². The van der Waals surface area contributed by atoms with Crippen LogP contribution in [0.3, 0.4) is 0 Å². The molecule has 1 heterocycles. The summed E-state index contributed by atoms with van der Waals surface area (Å²) in [5.74, 6) is -0.605. The molecule has 3 amide bonds. The average molecular weight is 372 g/mol. The van der Waals surface area contributed by atoms with Crippen molar-refractivity contribution in [3.05, 3.63) is 71.0 Å². The predicted octanol–water partition coefficient (Wildman–Crippen LogP) is 2.99. The molecule has 0 radical (unpaired) electrons. The Balaban J connectivity index is 1.57. The minimum Gasteiger partial charge on any atom is -0.352 e. The van der Waals surface area contributed by atoms with Gasteiger partial charge in [-0.3, -0.25) is 19.3 Å². The number of carbonyl (C=O) groups is 3. The van der Waals surface area contributed by atoms with Gasteiger partial charge in [0.15, 0.2) is 0 Å². The molecule has 2 aromatic rings. The van der Waals surface area contributed by atoms with Gasteiger partial charge in [-0.25, -0.2) is 4.39 Å². The number of amides is 3. The lowest BCUT2D eigenvalue weighted by Gasteiger charge is -2.13. The fraction of sp³-hybridized carbons (Fsp3) is 0.211. The highest BCUT2D eigenvalue weighted by molar-refractivity contribution is 8.14. The third-order valence-electron chi connectivity index (χ3n) is 3.96. The Morgan fingerprint density at radius 1 is 1.12 bits per heavy atom. The molecule has 0 spiro atoms.